The summed E-state index contributed by atoms with van der Waals surface area (Å²) in [5, 5.41) is 5.87. The van der Waals surface area contributed by atoms with E-state index in [1.165, 1.54) is 0 Å². The molecule has 14 heteroatoms. The van der Waals surface area contributed by atoms with E-state index >= 15 is 0 Å². The van der Waals surface area contributed by atoms with E-state index in [0.29, 0.717) is 62.3 Å². The van der Waals surface area contributed by atoms with Gasteiger partial charge in [-0.3, -0.25) is 19.2 Å². The number of anilines is 1. The average molecular weight is 712 g/mol. The summed E-state index contributed by atoms with van der Waals surface area (Å²) in [6, 6.07) is 16.6. The fourth-order valence-corrected chi connectivity index (χ4v) is 5.84. The van der Waals surface area contributed by atoms with Crippen LogP contribution in [0.5, 0.6) is 0 Å². The second-order valence-electron chi connectivity index (χ2n) is 12.3. The topological polar surface area (TPSA) is 115 Å². The number of likely N-dealkylation sites (N-methyl/N-ethyl adjacent to an activating group) is 1. The van der Waals surface area contributed by atoms with Crippen LogP contribution < -0.4 is 21.0 Å². The van der Waals surface area contributed by atoms with Gasteiger partial charge in [0.2, 0.25) is 5.91 Å². The van der Waals surface area contributed by atoms with Crippen LogP contribution in [0.3, 0.4) is 0 Å². The standard InChI is InChI=1S/C36H37ClF3N5O5/c1-43(2)16-15-41-33(47)26-5-3-4-6-29(26)44-17-19-45(20-18-44)35(49)28(13-9-23-7-11-25(37)12-8-23)42-34(48)32-22-30(46)27-21-24(36(38,39)40)10-14-31(27)50-32/h3-8,10-12,14,21-22,28H,9,13,15-20H2,1-2H3,(H,41,47)(H,42,48)/t28-/m1/s1. The van der Waals surface area contributed by atoms with Crippen LogP contribution in [0, 0.1) is 0 Å². The fraction of sp³-hybridized carbons (Fsp3) is 0.333. The number of nitrogens with zero attached hydrogens (tertiary/aromatic N) is 3. The molecule has 0 bridgehead atoms. The number of alkyl halides is 3. The van der Waals surface area contributed by atoms with Gasteiger partial charge in [0.05, 0.1) is 16.5 Å². The van der Waals surface area contributed by atoms with Crippen molar-refractivity contribution in [1.82, 2.24) is 20.4 Å². The number of para-hydroxylation sites is 1. The highest BCUT2D eigenvalue weighted by Gasteiger charge is 2.32. The zero-order valence-electron chi connectivity index (χ0n) is 27.6. The molecule has 0 radical (unpaired) electrons. The second kappa shape index (κ2) is 15.8. The van der Waals surface area contributed by atoms with Crippen molar-refractivity contribution in [1.29, 1.82) is 0 Å². The lowest BCUT2D eigenvalue weighted by Crippen LogP contribution is -2.55. The van der Waals surface area contributed by atoms with Gasteiger partial charge in [0.25, 0.3) is 11.8 Å². The van der Waals surface area contributed by atoms with Crippen LogP contribution in [0.25, 0.3) is 11.0 Å². The van der Waals surface area contributed by atoms with Crippen LogP contribution in [0.4, 0.5) is 18.9 Å². The normalized spacial score (nSPS) is 14.1. The Labute approximate surface area is 291 Å². The molecule has 1 aliphatic rings. The zero-order valence-corrected chi connectivity index (χ0v) is 28.3. The van der Waals surface area contributed by atoms with Gasteiger partial charge in [0.1, 0.15) is 11.6 Å². The molecule has 264 valence electrons. The molecule has 0 unspecified atom stereocenters. The number of hydrogen-bond acceptors (Lipinski definition) is 7. The molecule has 0 saturated carbocycles. The quantitative estimate of drug-likeness (QED) is 0.229. The Balaban J connectivity index is 1.31. The Morgan fingerprint density at radius 3 is 2.32 bits per heavy atom. The molecule has 1 aromatic heterocycles. The number of nitrogens with one attached hydrogen (secondary N) is 2. The molecule has 4 aromatic rings. The molecule has 3 aromatic carbocycles. The molecule has 0 spiro atoms. The van der Waals surface area contributed by atoms with E-state index in [1.54, 1.807) is 29.2 Å². The van der Waals surface area contributed by atoms with Crippen LogP contribution in [-0.2, 0) is 17.4 Å². The Hall–Kier alpha value is -4.88. The highest BCUT2D eigenvalue weighted by molar-refractivity contribution is 6.30. The SMILES string of the molecule is CN(C)CCNC(=O)c1ccccc1N1CCN(C(=O)[C@@H](CCc2ccc(Cl)cc2)NC(=O)c2cc(=O)c3cc(C(F)(F)F)ccc3o2)CC1. The first-order valence-electron chi connectivity index (χ1n) is 16.1. The van der Waals surface area contributed by atoms with Gasteiger partial charge in [0, 0.05) is 56.0 Å². The van der Waals surface area contributed by atoms with Crippen LogP contribution in [0.15, 0.2) is 82.0 Å². The van der Waals surface area contributed by atoms with E-state index in [9.17, 15) is 32.3 Å². The molecule has 50 heavy (non-hydrogen) atoms. The summed E-state index contributed by atoms with van der Waals surface area (Å²) in [5.74, 6) is -1.82. The molecule has 2 heterocycles. The number of fused-ring (bicyclic) bond motifs is 1. The lowest BCUT2D eigenvalue weighted by atomic mass is 10.0. The Morgan fingerprint density at radius 1 is 0.940 bits per heavy atom. The molecule has 1 aliphatic heterocycles. The van der Waals surface area contributed by atoms with Gasteiger partial charge >= 0.3 is 6.18 Å². The highest BCUT2D eigenvalue weighted by Crippen LogP contribution is 2.31. The smallest absolute Gasteiger partial charge is 0.416 e. The first-order chi connectivity index (χ1) is 23.8. The predicted octanol–water partition coefficient (Wildman–Crippen LogP) is 4.84. The van der Waals surface area contributed by atoms with Gasteiger partial charge in [0.15, 0.2) is 11.2 Å². The molecule has 2 N–H and O–H groups in total. The summed E-state index contributed by atoms with van der Waals surface area (Å²) in [6.45, 7) is 2.69. The highest BCUT2D eigenvalue weighted by atomic mass is 35.5. The second-order valence-corrected chi connectivity index (χ2v) is 12.7. The number of rotatable bonds is 11. The van der Waals surface area contributed by atoms with Crippen molar-refractivity contribution in [2.75, 3.05) is 58.3 Å². The lowest BCUT2D eigenvalue weighted by Gasteiger charge is -2.38. The molecule has 5 rings (SSSR count). The van der Waals surface area contributed by atoms with Gasteiger partial charge in [-0.05, 0) is 75.0 Å². The molecule has 1 saturated heterocycles. The molecule has 1 fully saturated rings. The van der Waals surface area contributed by atoms with Crippen LogP contribution in [0.2, 0.25) is 5.02 Å². The van der Waals surface area contributed by atoms with Gasteiger partial charge in [-0.1, -0.05) is 35.9 Å². The number of hydrogen-bond donors (Lipinski definition) is 2. The van der Waals surface area contributed by atoms with E-state index in [4.69, 9.17) is 16.0 Å². The Bertz CT molecular complexity index is 1910. The zero-order chi connectivity index (χ0) is 36.0. The molecule has 3 amide bonds. The van der Waals surface area contributed by atoms with Gasteiger partial charge in [-0.25, -0.2) is 0 Å². The number of piperazine rings is 1. The monoisotopic (exact) mass is 711 g/mol. The third-order valence-electron chi connectivity index (χ3n) is 8.44. The third kappa shape index (κ3) is 9.01. The van der Waals surface area contributed by atoms with Crippen molar-refractivity contribution in [2.45, 2.75) is 25.1 Å². The molecule has 0 aliphatic carbocycles. The van der Waals surface area contributed by atoms with Crippen molar-refractivity contribution in [3.8, 4) is 0 Å². The first kappa shape index (κ1) is 36.4. The van der Waals surface area contributed by atoms with Crippen molar-refractivity contribution in [3.05, 3.63) is 110 Å². The van der Waals surface area contributed by atoms with Crippen LogP contribution in [-0.4, -0.2) is 86.9 Å². The number of amides is 3. The Kier molecular flexibility index (Phi) is 11.5. The summed E-state index contributed by atoms with van der Waals surface area (Å²) in [7, 11) is 3.85. The van der Waals surface area contributed by atoms with Gasteiger partial charge in [-0.15, -0.1) is 0 Å². The van der Waals surface area contributed by atoms with Crippen molar-refractivity contribution >= 4 is 46.0 Å². The summed E-state index contributed by atoms with van der Waals surface area (Å²) < 4.78 is 45.2. The van der Waals surface area contributed by atoms with E-state index in [-0.39, 0.29) is 29.2 Å². The summed E-state index contributed by atoms with van der Waals surface area (Å²) in [4.78, 5) is 58.8. The lowest BCUT2D eigenvalue weighted by molar-refractivity contribution is -0.137. The van der Waals surface area contributed by atoms with Crippen molar-refractivity contribution in [3.63, 3.8) is 0 Å². The number of carbonyl (C=O) groups excluding carboxylic acids is 3. The van der Waals surface area contributed by atoms with Gasteiger partial charge in [-0.2, -0.15) is 13.2 Å². The van der Waals surface area contributed by atoms with Crippen LogP contribution in [0.1, 0.15) is 38.5 Å². The van der Waals surface area contributed by atoms with Gasteiger partial charge < -0.3 is 29.8 Å². The number of carbonyl (C=O) groups is 3. The number of aryl methyl sites for hydroxylation is 1. The Morgan fingerprint density at radius 2 is 1.64 bits per heavy atom. The third-order valence-corrected chi connectivity index (χ3v) is 8.69. The molecule has 10 nitrogen and oxygen atoms in total. The maximum Gasteiger partial charge on any atom is 0.416 e. The maximum absolute atomic E-state index is 13.9. The maximum atomic E-state index is 13.9. The van der Waals surface area contributed by atoms with E-state index in [0.717, 1.165) is 29.4 Å². The van der Waals surface area contributed by atoms with E-state index < -0.39 is 34.9 Å². The molecule has 1 atom stereocenters. The number of halogens is 4. The largest absolute Gasteiger partial charge is 0.451 e. The molecular weight excluding hydrogens is 675 g/mol. The summed E-state index contributed by atoms with van der Waals surface area (Å²) in [5.41, 5.74) is 0.129. The fourth-order valence-electron chi connectivity index (χ4n) is 5.71. The predicted molar refractivity (Wildman–Crippen MR) is 185 cm³/mol. The minimum Gasteiger partial charge on any atom is -0.451 e. The first-order valence-corrected chi connectivity index (χ1v) is 16.4. The molecular formula is C36H37ClF3N5O5. The minimum absolute atomic E-state index is 0.188. The van der Waals surface area contributed by atoms with E-state index in [1.807, 2.05) is 48.2 Å². The summed E-state index contributed by atoms with van der Waals surface area (Å²) >= 11 is 6.03. The number of benzene rings is 3. The average Bonchev–Trinajstić information content (AvgIpc) is 3.09. The minimum atomic E-state index is -4.66. The van der Waals surface area contributed by atoms with E-state index in [2.05, 4.69) is 10.6 Å². The summed E-state index contributed by atoms with van der Waals surface area (Å²) in [6.07, 6.45) is -4.05. The van der Waals surface area contributed by atoms with Crippen LogP contribution >= 0.6 is 11.6 Å². The van der Waals surface area contributed by atoms with Crippen molar-refractivity contribution in [2.24, 2.45) is 0 Å². The van der Waals surface area contributed by atoms with Crippen molar-refractivity contribution < 1.29 is 32.0 Å².